The maximum Gasteiger partial charge on any atom is 0.336 e. The van der Waals surface area contributed by atoms with E-state index in [1.165, 1.54) is 0 Å². The number of fused-ring (bicyclic) bond motifs is 4. The summed E-state index contributed by atoms with van der Waals surface area (Å²) in [5, 5.41) is 12.5. The van der Waals surface area contributed by atoms with Crippen LogP contribution in [0.3, 0.4) is 0 Å². The molecule has 6 nitrogen and oxygen atoms in total. The van der Waals surface area contributed by atoms with Crippen molar-refractivity contribution >= 4 is 50.4 Å². The zero-order chi connectivity index (χ0) is 24.1. The zero-order valence-corrected chi connectivity index (χ0v) is 20.4. The van der Waals surface area contributed by atoms with Gasteiger partial charge in [-0.2, -0.15) is 0 Å². The van der Waals surface area contributed by atoms with Crippen LogP contribution < -0.4 is 0 Å². The number of aromatic carboxylic acids is 1. The first-order chi connectivity index (χ1) is 16.4. The Morgan fingerprint density at radius 3 is 2.50 bits per heavy atom. The largest absolute Gasteiger partial charge is 0.478 e. The minimum atomic E-state index is -0.953. The molecule has 5 rings (SSSR count). The van der Waals surface area contributed by atoms with Crippen LogP contribution in [-0.2, 0) is 17.8 Å². The number of methoxy groups -OCH3 is 1. The fourth-order valence-electron chi connectivity index (χ4n) is 4.92. The number of nitrogens with zero attached hydrogens (tertiary/aromatic N) is 3. The molecule has 0 aliphatic rings. The standard InChI is InChI=1S/C27H26ClN3O3/c1-5-30-20-10-7-17(14-19(20)23-21(30)9-6-15(2)24(23)28)26-29-25-16(3)18(27(32)33)8-11-22(25)31(26)12-13-34-4/h6-11,14H,5,12-13H2,1-4H3,(H,32,33). The van der Waals surface area contributed by atoms with Crippen molar-refractivity contribution in [3.8, 4) is 11.4 Å². The van der Waals surface area contributed by atoms with Crippen LogP contribution in [0.1, 0.15) is 28.4 Å². The SMILES string of the molecule is CCn1c2ccc(-c3nc4c(C)c(C(=O)O)ccc4n3CCOC)cc2c2c(Cl)c(C)ccc21. The van der Waals surface area contributed by atoms with Gasteiger partial charge in [0.2, 0.25) is 0 Å². The molecule has 0 fully saturated rings. The number of hydrogen-bond acceptors (Lipinski definition) is 3. The van der Waals surface area contributed by atoms with Crippen molar-refractivity contribution in [3.05, 3.63) is 64.2 Å². The summed E-state index contributed by atoms with van der Waals surface area (Å²) in [5.41, 5.74) is 6.72. The Bertz CT molecular complexity index is 1600. The molecule has 3 aromatic carbocycles. The average molecular weight is 476 g/mol. The Labute approximate surface area is 202 Å². The van der Waals surface area contributed by atoms with Gasteiger partial charge in [0.1, 0.15) is 5.82 Å². The van der Waals surface area contributed by atoms with Crippen LogP contribution in [0.25, 0.3) is 44.2 Å². The molecular weight excluding hydrogens is 450 g/mol. The van der Waals surface area contributed by atoms with Gasteiger partial charge in [0.15, 0.2) is 0 Å². The predicted octanol–water partition coefficient (Wildman–Crippen LogP) is 6.45. The van der Waals surface area contributed by atoms with E-state index in [2.05, 4.69) is 46.4 Å². The van der Waals surface area contributed by atoms with Gasteiger partial charge in [-0.15, -0.1) is 0 Å². The Morgan fingerprint density at radius 2 is 1.79 bits per heavy atom. The molecule has 0 aliphatic heterocycles. The lowest BCUT2D eigenvalue weighted by atomic mass is 10.1. The second-order valence-corrected chi connectivity index (χ2v) is 8.94. The number of carboxylic acids is 1. The average Bonchev–Trinajstić information content (AvgIpc) is 3.35. The summed E-state index contributed by atoms with van der Waals surface area (Å²) in [6.07, 6.45) is 0. The number of aryl methyl sites for hydroxylation is 3. The second-order valence-electron chi connectivity index (χ2n) is 8.56. The summed E-state index contributed by atoms with van der Waals surface area (Å²) in [4.78, 5) is 16.6. The van der Waals surface area contributed by atoms with E-state index < -0.39 is 5.97 Å². The van der Waals surface area contributed by atoms with E-state index in [1.807, 2.05) is 19.9 Å². The van der Waals surface area contributed by atoms with E-state index in [-0.39, 0.29) is 5.56 Å². The van der Waals surface area contributed by atoms with Crippen molar-refractivity contribution in [1.82, 2.24) is 14.1 Å². The van der Waals surface area contributed by atoms with E-state index in [0.717, 1.165) is 55.8 Å². The van der Waals surface area contributed by atoms with Gasteiger partial charge < -0.3 is 19.0 Å². The summed E-state index contributed by atoms with van der Waals surface area (Å²) in [6.45, 7) is 7.91. The van der Waals surface area contributed by atoms with Crippen molar-refractivity contribution in [3.63, 3.8) is 0 Å². The predicted molar refractivity (Wildman–Crippen MR) is 137 cm³/mol. The first-order valence-electron chi connectivity index (χ1n) is 11.3. The topological polar surface area (TPSA) is 69.3 Å². The first kappa shape index (κ1) is 22.4. The van der Waals surface area contributed by atoms with E-state index >= 15 is 0 Å². The van der Waals surface area contributed by atoms with Crippen molar-refractivity contribution in [2.45, 2.75) is 33.9 Å². The third kappa shape index (κ3) is 3.29. The number of halogens is 1. The van der Waals surface area contributed by atoms with Crippen molar-refractivity contribution < 1.29 is 14.6 Å². The number of aromatic nitrogens is 3. The lowest BCUT2D eigenvalue weighted by Gasteiger charge is -2.10. The fourth-order valence-corrected chi connectivity index (χ4v) is 5.18. The normalized spacial score (nSPS) is 11.8. The molecule has 5 aromatic rings. The molecule has 0 unspecified atom stereocenters. The highest BCUT2D eigenvalue weighted by Crippen LogP contribution is 2.38. The molecular formula is C27H26ClN3O3. The minimum absolute atomic E-state index is 0.263. The van der Waals surface area contributed by atoms with Crippen LogP contribution in [0.2, 0.25) is 5.02 Å². The number of rotatable bonds is 6. The maximum atomic E-state index is 11.7. The van der Waals surface area contributed by atoms with Gasteiger partial charge >= 0.3 is 5.97 Å². The molecule has 34 heavy (non-hydrogen) atoms. The summed E-state index contributed by atoms with van der Waals surface area (Å²) in [5.74, 6) is -0.174. The maximum absolute atomic E-state index is 11.7. The van der Waals surface area contributed by atoms with Crippen LogP contribution >= 0.6 is 11.6 Å². The Kier molecular flexibility index (Phi) is 5.58. The lowest BCUT2D eigenvalue weighted by molar-refractivity contribution is 0.0696. The fraction of sp³-hybridized carbons (Fsp3) is 0.259. The number of ether oxygens (including phenoxy) is 1. The summed E-state index contributed by atoms with van der Waals surface area (Å²) in [7, 11) is 1.67. The summed E-state index contributed by atoms with van der Waals surface area (Å²) >= 11 is 6.80. The third-order valence-electron chi connectivity index (χ3n) is 6.66. The lowest BCUT2D eigenvalue weighted by Crippen LogP contribution is -2.06. The number of carboxylic acid groups (broad SMARTS) is 1. The van der Waals surface area contributed by atoms with Gasteiger partial charge in [0.25, 0.3) is 0 Å². The molecule has 0 amide bonds. The van der Waals surface area contributed by atoms with Gasteiger partial charge in [-0.1, -0.05) is 17.7 Å². The van der Waals surface area contributed by atoms with Gasteiger partial charge in [0.05, 0.1) is 33.7 Å². The van der Waals surface area contributed by atoms with Crippen LogP contribution in [0.5, 0.6) is 0 Å². The third-order valence-corrected chi connectivity index (χ3v) is 7.15. The Morgan fingerprint density at radius 1 is 1.06 bits per heavy atom. The van der Waals surface area contributed by atoms with Gasteiger partial charge in [-0.05, 0) is 68.3 Å². The quantitative estimate of drug-likeness (QED) is 0.306. The van der Waals surface area contributed by atoms with Crippen molar-refractivity contribution in [2.75, 3.05) is 13.7 Å². The van der Waals surface area contributed by atoms with Gasteiger partial charge in [-0.3, -0.25) is 0 Å². The highest BCUT2D eigenvalue weighted by atomic mass is 35.5. The molecule has 0 aliphatic carbocycles. The smallest absolute Gasteiger partial charge is 0.336 e. The second kappa shape index (κ2) is 8.46. The molecule has 0 saturated heterocycles. The number of benzene rings is 3. The van der Waals surface area contributed by atoms with Gasteiger partial charge in [-0.25, -0.2) is 9.78 Å². The Balaban J connectivity index is 1.82. The molecule has 0 saturated carbocycles. The highest BCUT2D eigenvalue weighted by Gasteiger charge is 2.20. The molecule has 0 spiro atoms. The van der Waals surface area contributed by atoms with Gasteiger partial charge in [0, 0.05) is 42.1 Å². The van der Waals surface area contributed by atoms with E-state index in [1.54, 1.807) is 13.2 Å². The number of carbonyl (C=O) groups is 1. The molecule has 1 N–H and O–H groups in total. The Hall–Kier alpha value is -3.35. The molecule has 2 aromatic heterocycles. The summed E-state index contributed by atoms with van der Waals surface area (Å²) < 4.78 is 9.73. The molecule has 0 atom stereocenters. The van der Waals surface area contributed by atoms with Crippen molar-refractivity contribution in [2.24, 2.45) is 0 Å². The highest BCUT2D eigenvalue weighted by molar-refractivity contribution is 6.38. The summed E-state index contributed by atoms with van der Waals surface area (Å²) in [6, 6.07) is 14.0. The monoisotopic (exact) mass is 475 g/mol. The number of imidazole rings is 1. The first-order valence-corrected chi connectivity index (χ1v) is 11.7. The van der Waals surface area contributed by atoms with Crippen LogP contribution in [0.15, 0.2) is 42.5 Å². The molecule has 7 heteroatoms. The van der Waals surface area contributed by atoms with Crippen molar-refractivity contribution in [1.29, 1.82) is 0 Å². The van der Waals surface area contributed by atoms with Crippen LogP contribution in [0, 0.1) is 13.8 Å². The molecule has 0 bridgehead atoms. The van der Waals surface area contributed by atoms with E-state index in [4.69, 9.17) is 21.3 Å². The molecule has 174 valence electrons. The van der Waals surface area contributed by atoms with Crippen LogP contribution in [-0.4, -0.2) is 38.9 Å². The number of hydrogen-bond donors (Lipinski definition) is 1. The molecule has 2 heterocycles. The molecule has 0 radical (unpaired) electrons. The zero-order valence-electron chi connectivity index (χ0n) is 19.6. The van der Waals surface area contributed by atoms with E-state index in [0.29, 0.717) is 24.2 Å². The van der Waals surface area contributed by atoms with E-state index in [9.17, 15) is 9.90 Å². The van der Waals surface area contributed by atoms with Crippen LogP contribution in [0.4, 0.5) is 0 Å². The minimum Gasteiger partial charge on any atom is -0.478 e.